The van der Waals surface area contributed by atoms with E-state index in [-0.39, 0.29) is 5.91 Å². The number of carbonyl (C=O) groups is 1. The fourth-order valence-corrected chi connectivity index (χ4v) is 2.49. The first-order valence-electron chi connectivity index (χ1n) is 8.51. The molecular weight excluding hydrogens is 332 g/mol. The number of benzene rings is 2. The normalized spacial score (nSPS) is 10.3. The van der Waals surface area contributed by atoms with Gasteiger partial charge >= 0.3 is 0 Å². The van der Waals surface area contributed by atoms with Gasteiger partial charge in [-0.25, -0.2) is 0 Å². The second-order valence-corrected chi connectivity index (χ2v) is 5.72. The first-order valence-corrected chi connectivity index (χ1v) is 8.51. The number of carbonyl (C=O) groups excluding carboxylic acids is 1. The SMILES string of the molecule is COc1ccc(NC(=O)CCNCCc2ccc(OC)c(OC)c2)cc1. The van der Waals surface area contributed by atoms with Crippen molar-refractivity contribution in [2.24, 2.45) is 0 Å². The zero-order chi connectivity index (χ0) is 18.8. The Morgan fingerprint density at radius 2 is 1.62 bits per heavy atom. The Bertz CT molecular complexity index is 701. The van der Waals surface area contributed by atoms with Crippen LogP contribution >= 0.6 is 0 Å². The van der Waals surface area contributed by atoms with Gasteiger partial charge in [0.2, 0.25) is 5.91 Å². The van der Waals surface area contributed by atoms with Crippen LogP contribution < -0.4 is 24.8 Å². The van der Waals surface area contributed by atoms with Crippen LogP contribution in [0.15, 0.2) is 42.5 Å². The fourth-order valence-electron chi connectivity index (χ4n) is 2.49. The molecule has 0 radical (unpaired) electrons. The van der Waals surface area contributed by atoms with Gasteiger partial charge in [0, 0.05) is 18.7 Å². The number of nitrogens with one attached hydrogen (secondary N) is 2. The van der Waals surface area contributed by atoms with Crippen molar-refractivity contribution >= 4 is 11.6 Å². The maximum Gasteiger partial charge on any atom is 0.225 e. The van der Waals surface area contributed by atoms with Gasteiger partial charge in [0.1, 0.15) is 5.75 Å². The van der Waals surface area contributed by atoms with E-state index in [9.17, 15) is 4.79 Å². The molecule has 140 valence electrons. The molecule has 0 aliphatic rings. The van der Waals surface area contributed by atoms with Crippen LogP contribution in [0.1, 0.15) is 12.0 Å². The second-order valence-electron chi connectivity index (χ2n) is 5.72. The van der Waals surface area contributed by atoms with Crippen molar-refractivity contribution in [3.63, 3.8) is 0 Å². The molecule has 0 aromatic heterocycles. The molecule has 0 saturated heterocycles. The summed E-state index contributed by atoms with van der Waals surface area (Å²) in [5, 5.41) is 6.15. The van der Waals surface area contributed by atoms with Gasteiger partial charge in [-0.05, 0) is 54.9 Å². The molecule has 6 heteroatoms. The summed E-state index contributed by atoms with van der Waals surface area (Å²) in [7, 11) is 4.86. The van der Waals surface area contributed by atoms with Gasteiger partial charge < -0.3 is 24.8 Å². The van der Waals surface area contributed by atoms with Crippen LogP contribution in [0.2, 0.25) is 0 Å². The van der Waals surface area contributed by atoms with Gasteiger partial charge in [-0.15, -0.1) is 0 Å². The van der Waals surface area contributed by atoms with Gasteiger partial charge in [0.25, 0.3) is 0 Å². The van der Waals surface area contributed by atoms with E-state index in [2.05, 4.69) is 10.6 Å². The largest absolute Gasteiger partial charge is 0.497 e. The Morgan fingerprint density at radius 1 is 0.885 bits per heavy atom. The van der Waals surface area contributed by atoms with Crippen LogP contribution in [-0.4, -0.2) is 40.3 Å². The molecule has 0 aliphatic carbocycles. The summed E-state index contributed by atoms with van der Waals surface area (Å²) in [6.07, 6.45) is 1.26. The molecule has 0 fully saturated rings. The molecule has 0 bridgehead atoms. The highest BCUT2D eigenvalue weighted by Gasteiger charge is 2.05. The number of anilines is 1. The number of ether oxygens (including phenoxy) is 3. The Balaban J connectivity index is 1.67. The minimum Gasteiger partial charge on any atom is -0.497 e. The molecular formula is C20H26N2O4. The van der Waals surface area contributed by atoms with E-state index in [0.717, 1.165) is 41.5 Å². The van der Waals surface area contributed by atoms with Gasteiger partial charge in [-0.3, -0.25) is 4.79 Å². The number of methoxy groups -OCH3 is 3. The molecule has 26 heavy (non-hydrogen) atoms. The van der Waals surface area contributed by atoms with Crippen molar-refractivity contribution in [1.29, 1.82) is 0 Å². The number of hydrogen-bond donors (Lipinski definition) is 2. The molecule has 2 aromatic carbocycles. The van der Waals surface area contributed by atoms with Crippen LogP contribution in [0.3, 0.4) is 0 Å². The van der Waals surface area contributed by atoms with E-state index < -0.39 is 0 Å². The lowest BCUT2D eigenvalue weighted by atomic mass is 10.1. The minimum atomic E-state index is -0.0196. The lowest BCUT2D eigenvalue weighted by Gasteiger charge is -2.10. The standard InChI is InChI=1S/C20H26N2O4/c1-24-17-7-5-16(6-8-17)22-20(23)11-13-21-12-10-15-4-9-18(25-2)19(14-15)26-3/h4-9,14,21H,10-13H2,1-3H3,(H,22,23). The van der Waals surface area contributed by atoms with Crippen molar-refractivity contribution in [3.05, 3.63) is 48.0 Å². The minimum absolute atomic E-state index is 0.0196. The molecule has 6 nitrogen and oxygen atoms in total. The average Bonchev–Trinajstić information content (AvgIpc) is 2.68. The van der Waals surface area contributed by atoms with Gasteiger partial charge in [0.05, 0.1) is 21.3 Å². The fraction of sp³-hybridized carbons (Fsp3) is 0.350. The van der Waals surface area contributed by atoms with Crippen LogP contribution in [0.4, 0.5) is 5.69 Å². The molecule has 2 aromatic rings. The molecule has 0 aliphatic heterocycles. The molecule has 0 spiro atoms. The molecule has 2 rings (SSSR count). The maximum absolute atomic E-state index is 11.9. The van der Waals surface area contributed by atoms with E-state index in [0.29, 0.717) is 13.0 Å². The monoisotopic (exact) mass is 358 g/mol. The Morgan fingerprint density at radius 3 is 2.27 bits per heavy atom. The summed E-state index contributed by atoms with van der Waals surface area (Å²) in [5.41, 5.74) is 1.92. The molecule has 0 saturated carbocycles. The highest BCUT2D eigenvalue weighted by molar-refractivity contribution is 5.90. The predicted molar refractivity (Wildman–Crippen MR) is 102 cm³/mol. The summed E-state index contributed by atoms with van der Waals surface area (Å²) < 4.78 is 15.6. The number of rotatable bonds is 10. The van der Waals surface area contributed by atoms with E-state index in [1.165, 1.54) is 0 Å². The first kappa shape index (κ1) is 19.6. The topological polar surface area (TPSA) is 68.8 Å². The summed E-state index contributed by atoms with van der Waals surface area (Å²) in [4.78, 5) is 11.9. The van der Waals surface area contributed by atoms with Crippen LogP contribution in [0.25, 0.3) is 0 Å². The highest BCUT2D eigenvalue weighted by atomic mass is 16.5. The smallest absolute Gasteiger partial charge is 0.225 e. The predicted octanol–water partition coefficient (Wildman–Crippen LogP) is 2.87. The van der Waals surface area contributed by atoms with Crippen LogP contribution in [-0.2, 0) is 11.2 Å². The molecule has 1 amide bonds. The van der Waals surface area contributed by atoms with Gasteiger partial charge in [-0.2, -0.15) is 0 Å². The number of hydrogen-bond acceptors (Lipinski definition) is 5. The van der Waals surface area contributed by atoms with Gasteiger partial charge in [0.15, 0.2) is 11.5 Å². The molecule has 2 N–H and O–H groups in total. The average molecular weight is 358 g/mol. The summed E-state index contributed by atoms with van der Waals surface area (Å²) >= 11 is 0. The van der Waals surface area contributed by atoms with E-state index in [1.54, 1.807) is 21.3 Å². The summed E-state index contributed by atoms with van der Waals surface area (Å²) in [6, 6.07) is 13.2. The maximum atomic E-state index is 11.9. The Labute approximate surface area is 154 Å². The second kappa shape index (κ2) is 10.3. The van der Waals surface area contributed by atoms with Gasteiger partial charge in [-0.1, -0.05) is 6.07 Å². The quantitative estimate of drug-likeness (QED) is 0.639. The third kappa shape index (κ3) is 5.97. The zero-order valence-corrected chi connectivity index (χ0v) is 15.5. The van der Waals surface area contributed by atoms with Crippen molar-refractivity contribution in [2.75, 3.05) is 39.7 Å². The van der Waals surface area contributed by atoms with E-state index >= 15 is 0 Å². The van der Waals surface area contributed by atoms with Crippen molar-refractivity contribution < 1.29 is 19.0 Å². The van der Waals surface area contributed by atoms with Crippen LogP contribution in [0.5, 0.6) is 17.2 Å². The lowest BCUT2D eigenvalue weighted by molar-refractivity contribution is -0.116. The van der Waals surface area contributed by atoms with E-state index in [1.807, 2.05) is 42.5 Å². The highest BCUT2D eigenvalue weighted by Crippen LogP contribution is 2.27. The molecule has 0 unspecified atom stereocenters. The van der Waals surface area contributed by atoms with Crippen molar-refractivity contribution in [2.45, 2.75) is 12.8 Å². The third-order valence-electron chi connectivity index (χ3n) is 3.94. The Kier molecular flexibility index (Phi) is 7.76. The number of amides is 1. The molecule has 0 heterocycles. The zero-order valence-electron chi connectivity index (χ0n) is 15.5. The lowest BCUT2D eigenvalue weighted by Crippen LogP contribution is -2.23. The van der Waals surface area contributed by atoms with Crippen LogP contribution in [0, 0.1) is 0 Å². The van der Waals surface area contributed by atoms with Crippen molar-refractivity contribution in [1.82, 2.24) is 5.32 Å². The third-order valence-corrected chi connectivity index (χ3v) is 3.94. The Hall–Kier alpha value is -2.73. The summed E-state index contributed by atoms with van der Waals surface area (Å²) in [5.74, 6) is 2.19. The molecule has 0 atom stereocenters. The van der Waals surface area contributed by atoms with Crippen molar-refractivity contribution in [3.8, 4) is 17.2 Å². The first-order chi connectivity index (χ1) is 12.7. The van der Waals surface area contributed by atoms with E-state index in [4.69, 9.17) is 14.2 Å². The summed E-state index contributed by atoms with van der Waals surface area (Å²) in [6.45, 7) is 1.40.